The SMILES string of the molecule is NC1CC(c2cccnc2C(F)(F)F)C1. The Morgan fingerprint density at radius 2 is 2.00 bits per heavy atom. The molecule has 0 spiro atoms. The maximum atomic E-state index is 12.6. The molecule has 5 heteroatoms. The summed E-state index contributed by atoms with van der Waals surface area (Å²) in [5.41, 5.74) is 5.09. The molecule has 1 fully saturated rings. The van der Waals surface area contributed by atoms with Crippen molar-refractivity contribution in [3.63, 3.8) is 0 Å². The topological polar surface area (TPSA) is 38.9 Å². The number of halogens is 3. The molecular formula is C10H11F3N2. The molecule has 1 aliphatic rings. The van der Waals surface area contributed by atoms with Crippen molar-refractivity contribution in [2.24, 2.45) is 5.73 Å². The largest absolute Gasteiger partial charge is 0.433 e. The lowest BCUT2D eigenvalue weighted by atomic mass is 9.76. The third kappa shape index (κ3) is 1.97. The quantitative estimate of drug-likeness (QED) is 0.782. The fourth-order valence-corrected chi connectivity index (χ4v) is 1.90. The minimum atomic E-state index is -4.36. The Bertz CT molecular complexity index is 356. The molecule has 0 saturated heterocycles. The van der Waals surface area contributed by atoms with Crippen LogP contribution in [0.2, 0.25) is 0 Å². The van der Waals surface area contributed by atoms with E-state index in [4.69, 9.17) is 5.73 Å². The van der Waals surface area contributed by atoms with E-state index in [-0.39, 0.29) is 17.5 Å². The smallest absolute Gasteiger partial charge is 0.328 e. The maximum absolute atomic E-state index is 12.6. The molecule has 1 aromatic rings. The highest BCUT2D eigenvalue weighted by molar-refractivity contribution is 5.28. The summed E-state index contributed by atoms with van der Waals surface area (Å²) in [6, 6.07) is 3.07. The molecule has 2 rings (SSSR count). The van der Waals surface area contributed by atoms with Gasteiger partial charge in [0.25, 0.3) is 0 Å². The molecule has 1 heterocycles. The summed E-state index contributed by atoms with van der Waals surface area (Å²) >= 11 is 0. The van der Waals surface area contributed by atoms with Crippen molar-refractivity contribution >= 4 is 0 Å². The van der Waals surface area contributed by atoms with E-state index in [0.717, 1.165) is 0 Å². The normalized spacial score (nSPS) is 26.1. The maximum Gasteiger partial charge on any atom is 0.433 e. The molecule has 2 N–H and O–H groups in total. The summed E-state index contributed by atoms with van der Waals surface area (Å²) in [5, 5.41) is 0. The zero-order chi connectivity index (χ0) is 11.1. The Balaban J connectivity index is 2.31. The molecule has 15 heavy (non-hydrogen) atoms. The Kier molecular flexibility index (Phi) is 2.42. The first-order valence-electron chi connectivity index (χ1n) is 4.76. The number of pyridine rings is 1. The summed E-state index contributed by atoms with van der Waals surface area (Å²) in [6.45, 7) is 0. The summed E-state index contributed by atoms with van der Waals surface area (Å²) in [6.07, 6.45) is -1.95. The summed E-state index contributed by atoms with van der Waals surface area (Å²) < 4.78 is 37.7. The zero-order valence-corrected chi connectivity index (χ0v) is 7.96. The van der Waals surface area contributed by atoms with E-state index in [9.17, 15) is 13.2 Å². The number of nitrogens with two attached hydrogens (primary N) is 1. The highest BCUT2D eigenvalue weighted by atomic mass is 19.4. The van der Waals surface area contributed by atoms with E-state index in [1.165, 1.54) is 18.3 Å². The second-order valence-corrected chi connectivity index (χ2v) is 3.87. The fourth-order valence-electron chi connectivity index (χ4n) is 1.90. The molecule has 1 aliphatic carbocycles. The average molecular weight is 216 g/mol. The van der Waals surface area contributed by atoms with E-state index in [0.29, 0.717) is 12.8 Å². The monoisotopic (exact) mass is 216 g/mol. The number of hydrogen-bond acceptors (Lipinski definition) is 2. The Morgan fingerprint density at radius 1 is 1.33 bits per heavy atom. The molecular weight excluding hydrogens is 205 g/mol. The number of rotatable bonds is 1. The Morgan fingerprint density at radius 3 is 2.53 bits per heavy atom. The van der Waals surface area contributed by atoms with Gasteiger partial charge in [0.15, 0.2) is 0 Å². The van der Waals surface area contributed by atoms with Crippen molar-refractivity contribution in [3.8, 4) is 0 Å². The van der Waals surface area contributed by atoms with E-state index >= 15 is 0 Å². The molecule has 82 valence electrons. The lowest BCUT2D eigenvalue weighted by molar-refractivity contribution is -0.142. The lowest BCUT2D eigenvalue weighted by Gasteiger charge is -2.33. The number of alkyl halides is 3. The van der Waals surface area contributed by atoms with E-state index in [1.54, 1.807) is 0 Å². The van der Waals surface area contributed by atoms with Crippen LogP contribution >= 0.6 is 0 Å². The van der Waals surface area contributed by atoms with Gasteiger partial charge in [-0.1, -0.05) is 6.07 Å². The zero-order valence-electron chi connectivity index (χ0n) is 7.96. The van der Waals surface area contributed by atoms with Crippen molar-refractivity contribution in [1.29, 1.82) is 0 Å². The molecule has 1 aromatic heterocycles. The van der Waals surface area contributed by atoms with Crippen molar-refractivity contribution in [3.05, 3.63) is 29.6 Å². The predicted octanol–water partition coefficient (Wildman–Crippen LogP) is 2.31. The molecule has 1 saturated carbocycles. The van der Waals surface area contributed by atoms with Crippen LogP contribution in [0.3, 0.4) is 0 Å². The molecule has 0 unspecified atom stereocenters. The van der Waals surface area contributed by atoms with Crippen molar-refractivity contribution in [2.45, 2.75) is 31.0 Å². The van der Waals surface area contributed by atoms with Crippen LogP contribution in [0.1, 0.15) is 30.0 Å². The number of hydrogen-bond donors (Lipinski definition) is 1. The molecule has 0 aliphatic heterocycles. The molecule has 0 bridgehead atoms. The van der Waals surface area contributed by atoms with Crippen molar-refractivity contribution in [2.75, 3.05) is 0 Å². The van der Waals surface area contributed by atoms with Gasteiger partial charge in [-0.15, -0.1) is 0 Å². The van der Waals surface area contributed by atoms with Crippen LogP contribution in [-0.2, 0) is 6.18 Å². The first kappa shape index (κ1) is 10.4. The number of nitrogens with zero attached hydrogens (tertiary/aromatic N) is 1. The third-order valence-electron chi connectivity index (χ3n) is 2.72. The van der Waals surface area contributed by atoms with Gasteiger partial charge in [0.1, 0.15) is 5.69 Å². The predicted molar refractivity (Wildman–Crippen MR) is 49.2 cm³/mol. The van der Waals surface area contributed by atoms with Crippen molar-refractivity contribution < 1.29 is 13.2 Å². The van der Waals surface area contributed by atoms with Gasteiger partial charge >= 0.3 is 6.18 Å². The van der Waals surface area contributed by atoms with Crippen LogP contribution in [0, 0.1) is 0 Å². The first-order chi connectivity index (χ1) is 6.98. The van der Waals surface area contributed by atoms with Crippen LogP contribution in [0.4, 0.5) is 13.2 Å². The van der Waals surface area contributed by atoms with Crippen LogP contribution in [0.15, 0.2) is 18.3 Å². The average Bonchev–Trinajstić information content (AvgIpc) is 2.12. The third-order valence-corrected chi connectivity index (χ3v) is 2.72. The lowest BCUT2D eigenvalue weighted by Crippen LogP contribution is -2.35. The van der Waals surface area contributed by atoms with Gasteiger partial charge < -0.3 is 5.73 Å². The van der Waals surface area contributed by atoms with Gasteiger partial charge in [0, 0.05) is 12.2 Å². The minimum absolute atomic E-state index is 0.0382. The fraction of sp³-hybridized carbons (Fsp3) is 0.500. The highest BCUT2D eigenvalue weighted by Gasteiger charge is 2.39. The molecule has 2 nitrogen and oxygen atoms in total. The van der Waals surface area contributed by atoms with Gasteiger partial charge in [-0.05, 0) is 30.4 Å². The van der Waals surface area contributed by atoms with Crippen LogP contribution < -0.4 is 5.73 Å². The van der Waals surface area contributed by atoms with Crippen LogP contribution in [-0.4, -0.2) is 11.0 Å². The van der Waals surface area contributed by atoms with Gasteiger partial charge in [-0.3, -0.25) is 4.98 Å². The second-order valence-electron chi connectivity index (χ2n) is 3.87. The molecule has 0 atom stereocenters. The van der Waals surface area contributed by atoms with E-state index in [2.05, 4.69) is 4.98 Å². The van der Waals surface area contributed by atoms with Crippen LogP contribution in [0.25, 0.3) is 0 Å². The minimum Gasteiger partial charge on any atom is -0.328 e. The summed E-state index contributed by atoms with van der Waals surface area (Å²) in [7, 11) is 0. The van der Waals surface area contributed by atoms with Crippen molar-refractivity contribution in [1.82, 2.24) is 4.98 Å². The van der Waals surface area contributed by atoms with Gasteiger partial charge in [0.2, 0.25) is 0 Å². The second kappa shape index (κ2) is 3.48. The molecule has 0 aromatic carbocycles. The number of aromatic nitrogens is 1. The Hall–Kier alpha value is -1.10. The van der Waals surface area contributed by atoms with E-state index < -0.39 is 11.9 Å². The molecule has 0 amide bonds. The van der Waals surface area contributed by atoms with E-state index in [1.807, 2.05) is 0 Å². The van der Waals surface area contributed by atoms with Gasteiger partial charge in [-0.2, -0.15) is 13.2 Å². The van der Waals surface area contributed by atoms with Crippen LogP contribution in [0.5, 0.6) is 0 Å². The summed E-state index contributed by atoms with van der Waals surface area (Å²) in [5.74, 6) is -0.0784. The van der Waals surface area contributed by atoms with Gasteiger partial charge in [0.05, 0.1) is 0 Å². The van der Waals surface area contributed by atoms with Gasteiger partial charge in [-0.25, -0.2) is 0 Å². The Labute approximate surface area is 85.3 Å². The first-order valence-corrected chi connectivity index (χ1v) is 4.76. The standard InChI is InChI=1S/C10H11F3N2/c11-10(12,13)9-8(2-1-3-15-9)6-4-7(14)5-6/h1-3,6-7H,4-5,14H2. The summed E-state index contributed by atoms with van der Waals surface area (Å²) in [4.78, 5) is 3.41. The molecule has 0 radical (unpaired) electrons. The highest BCUT2D eigenvalue weighted by Crippen LogP contribution is 2.41.